The summed E-state index contributed by atoms with van der Waals surface area (Å²) in [6, 6.07) is 9.38. The summed E-state index contributed by atoms with van der Waals surface area (Å²) >= 11 is 0. The van der Waals surface area contributed by atoms with Gasteiger partial charge in [-0.3, -0.25) is 14.0 Å². The van der Waals surface area contributed by atoms with Crippen LogP contribution in [0.4, 0.5) is 0 Å². The molecule has 0 spiro atoms. The van der Waals surface area contributed by atoms with Crippen LogP contribution in [-0.2, 0) is 26.2 Å². The lowest BCUT2D eigenvalue weighted by atomic mass is 10.3. The number of carbonyl (C=O) groups is 1. The maximum atomic E-state index is 12.4. The first-order valence-electron chi connectivity index (χ1n) is 9.01. The maximum Gasteiger partial charge on any atom is 0.324 e. The normalized spacial score (nSPS) is 12.5. The van der Waals surface area contributed by atoms with Gasteiger partial charge >= 0.3 is 5.97 Å². The Bertz CT molecular complexity index is 1240. The Kier molecular flexibility index (Phi) is 6.18. The van der Waals surface area contributed by atoms with Crippen LogP contribution in [0.2, 0.25) is 0 Å². The molecule has 3 rings (SSSR count). The van der Waals surface area contributed by atoms with E-state index in [2.05, 4.69) is 9.71 Å². The summed E-state index contributed by atoms with van der Waals surface area (Å²) in [6.07, 6.45) is 1.66. The number of sulfonamides is 1. The molecule has 0 radical (unpaired) electrons. The lowest BCUT2D eigenvalue weighted by molar-refractivity contribution is -0.146. The molecule has 0 amide bonds. The van der Waals surface area contributed by atoms with Gasteiger partial charge in [-0.25, -0.2) is 13.4 Å². The standard InChI is InChI=1S/C20H21N3O6S/c1-13-4-9-18-21-15(10-19(24)23(18)11-13)12-29-20(25)14(2)22-30(26,27)17-7-5-16(28-3)6-8-17/h4-11,14,22H,12H2,1-3H3. The van der Waals surface area contributed by atoms with Gasteiger partial charge in [0.2, 0.25) is 10.0 Å². The van der Waals surface area contributed by atoms with Crippen molar-refractivity contribution in [1.82, 2.24) is 14.1 Å². The van der Waals surface area contributed by atoms with Crippen molar-refractivity contribution in [2.75, 3.05) is 7.11 Å². The molecule has 0 fully saturated rings. The van der Waals surface area contributed by atoms with Crippen molar-refractivity contribution < 1.29 is 22.7 Å². The van der Waals surface area contributed by atoms with Gasteiger partial charge in [0, 0.05) is 12.3 Å². The zero-order chi connectivity index (χ0) is 21.9. The minimum absolute atomic E-state index is 0.0116. The maximum absolute atomic E-state index is 12.4. The molecule has 1 unspecified atom stereocenters. The van der Waals surface area contributed by atoms with Gasteiger partial charge in [0.1, 0.15) is 24.0 Å². The average molecular weight is 431 g/mol. The molecule has 1 atom stereocenters. The Morgan fingerprint density at radius 1 is 1.20 bits per heavy atom. The number of methoxy groups -OCH3 is 1. The van der Waals surface area contributed by atoms with E-state index in [9.17, 15) is 18.0 Å². The van der Waals surface area contributed by atoms with E-state index in [-0.39, 0.29) is 22.8 Å². The van der Waals surface area contributed by atoms with E-state index in [0.29, 0.717) is 11.4 Å². The first kappa shape index (κ1) is 21.5. The molecule has 0 aliphatic carbocycles. The SMILES string of the molecule is COc1ccc(S(=O)(=O)NC(C)C(=O)OCc2cc(=O)n3cc(C)ccc3n2)cc1. The molecule has 0 bridgehead atoms. The number of nitrogens with zero attached hydrogens (tertiary/aromatic N) is 2. The summed E-state index contributed by atoms with van der Waals surface area (Å²) in [4.78, 5) is 28.7. The van der Waals surface area contributed by atoms with Crippen molar-refractivity contribution in [2.24, 2.45) is 0 Å². The van der Waals surface area contributed by atoms with Gasteiger partial charge in [-0.15, -0.1) is 0 Å². The first-order chi connectivity index (χ1) is 14.2. The van der Waals surface area contributed by atoms with Crippen LogP contribution in [0.15, 0.2) is 58.4 Å². The Morgan fingerprint density at radius 2 is 1.90 bits per heavy atom. The monoisotopic (exact) mass is 431 g/mol. The highest BCUT2D eigenvalue weighted by molar-refractivity contribution is 7.89. The quantitative estimate of drug-likeness (QED) is 0.563. The smallest absolute Gasteiger partial charge is 0.324 e. The van der Waals surface area contributed by atoms with Crippen molar-refractivity contribution in [3.8, 4) is 5.75 Å². The molecule has 0 saturated carbocycles. The van der Waals surface area contributed by atoms with Gasteiger partial charge in [0.25, 0.3) is 5.56 Å². The molecule has 0 aliphatic heterocycles. The number of nitrogens with one attached hydrogen (secondary N) is 1. The van der Waals surface area contributed by atoms with Crippen molar-refractivity contribution in [2.45, 2.75) is 31.4 Å². The molecule has 158 valence electrons. The van der Waals surface area contributed by atoms with E-state index < -0.39 is 22.0 Å². The van der Waals surface area contributed by atoms with Crippen LogP contribution in [0.25, 0.3) is 5.65 Å². The van der Waals surface area contributed by atoms with Gasteiger partial charge in [0.05, 0.1) is 17.7 Å². The van der Waals surface area contributed by atoms with Crippen molar-refractivity contribution in [3.05, 3.63) is 70.3 Å². The lowest BCUT2D eigenvalue weighted by Gasteiger charge is -2.14. The van der Waals surface area contributed by atoms with E-state index in [1.807, 2.05) is 13.0 Å². The second-order valence-electron chi connectivity index (χ2n) is 6.65. The number of pyridine rings is 1. The van der Waals surface area contributed by atoms with Crippen molar-refractivity contribution >= 4 is 21.6 Å². The number of rotatable bonds is 7. The zero-order valence-corrected chi connectivity index (χ0v) is 17.5. The predicted octanol–water partition coefficient (Wildman–Crippen LogP) is 1.42. The van der Waals surface area contributed by atoms with E-state index in [0.717, 1.165) is 5.56 Å². The van der Waals surface area contributed by atoms with Crippen LogP contribution in [-0.4, -0.2) is 36.9 Å². The van der Waals surface area contributed by atoms with Gasteiger partial charge in [0.15, 0.2) is 0 Å². The zero-order valence-electron chi connectivity index (χ0n) is 16.7. The highest BCUT2D eigenvalue weighted by atomic mass is 32.2. The van der Waals surface area contributed by atoms with E-state index in [4.69, 9.17) is 9.47 Å². The molecular formula is C20H21N3O6S. The molecule has 30 heavy (non-hydrogen) atoms. The Hall–Kier alpha value is -3.24. The number of aromatic nitrogens is 2. The second-order valence-corrected chi connectivity index (χ2v) is 8.36. The largest absolute Gasteiger partial charge is 0.497 e. The summed E-state index contributed by atoms with van der Waals surface area (Å²) in [6.45, 7) is 2.97. The number of hydrogen-bond acceptors (Lipinski definition) is 7. The van der Waals surface area contributed by atoms with E-state index in [1.54, 1.807) is 12.3 Å². The van der Waals surface area contributed by atoms with E-state index in [1.165, 1.54) is 48.8 Å². The van der Waals surface area contributed by atoms with Crippen LogP contribution in [0, 0.1) is 6.92 Å². The molecule has 1 N–H and O–H groups in total. The van der Waals surface area contributed by atoms with Crippen LogP contribution < -0.4 is 15.0 Å². The third-order valence-corrected chi connectivity index (χ3v) is 5.83. The van der Waals surface area contributed by atoms with Crippen LogP contribution in [0.1, 0.15) is 18.2 Å². The molecule has 10 heteroatoms. The number of fused-ring (bicyclic) bond motifs is 1. The molecule has 2 aromatic heterocycles. The van der Waals surface area contributed by atoms with Gasteiger partial charge in [-0.05, 0) is 49.7 Å². The summed E-state index contributed by atoms with van der Waals surface area (Å²) in [5, 5.41) is 0. The Balaban J connectivity index is 1.66. The second kappa shape index (κ2) is 8.64. The van der Waals surface area contributed by atoms with Gasteiger partial charge < -0.3 is 9.47 Å². The molecular weight excluding hydrogens is 410 g/mol. The van der Waals surface area contributed by atoms with Crippen LogP contribution in [0.5, 0.6) is 5.75 Å². The lowest BCUT2D eigenvalue weighted by Crippen LogP contribution is -2.39. The fourth-order valence-corrected chi connectivity index (χ4v) is 3.90. The number of hydrogen-bond donors (Lipinski definition) is 1. The third kappa shape index (κ3) is 4.84. The number of esters is 1. The number of benzene rings is 1. The highest BCUT2D eigenvalue weighted by Gasteiger charge is 2.23. The molecule has 0 aliphatic rings. The first-order valence-corrected chi connectivity index (χ1v) is 10.5. The minimum atomic E-state index is -3.93. The Labute approximate surface area is 173 Å². The Morgan fingerprint density at radius 3 is 2.57 bits per heavy atom. The number of ether oxygens (including phenoxy) is 2. The number of aryl methyl sites for hydroxylation is 1. The highest BCUT2D eigenvalue weighted by Crippen LogP contribution is 2.15. The molecule has 9 nitrogen and oxygen atoms in total. The summed E-state index contributed by atoms with van der Waals surface area (Å²) in [7, 11) is -2.46. The molecule has 1 aromatic carbocycles. The third-order valence-electron chi connectivity index (χ3n) is 4.28. The summed E-state index contributed by atoms with van der Waals surface area (Å²) in [5.74, 6) is -0.284. The fraction of sp³-hybridized carbons (Fsp3) is 0.250. The van der Waals surface area contributed by atoms with Crippen molar-refractivity contribution in [1.29, 1.82) is 0 Å². The van der Waals surface area contributed by atoms with Crippen LogP contribution in [0.3, 0.4) is 0 Å². The topological polar surface area (TPSA) is 116 Å². The number of carbonyl (C=O) groups excluding carboxylic acids is 1. The van der Waals surface area contributed by atoms with Crippen molar-refractivity contribution in [3.63, 3.8) is 0 Å². The predicted molar refractivity (Wildman–Crippen MR) is 109 cm³/mol. The summed E-state index contributed by atoms with van der Waals surface area (Å²) < 4.78 is 38.6. The summed E-state index contributed by atoms with van der Waals surface area (Å²) in [5.41, 5.74) is 1.29. The average Bonchev–Trinajstić information content (AvgIpc) is 2.72. The minimum Gasteiger partial charge on any atom is -0.497 e. The molecule has 0 saturated heterocycles. The van der Waals surface area contributed by atoms with E-state index >= 15 is 0 Å². The fourth-order valence-electron chi connectivity index (χ4n) is 2.71. The molecule has 2 heterocycles. The molecule has 3 aromatic rings. The van der Waals surface area contributed by atoms with Crippen LogP contribution >= 0.6 is 0 Å². The van der Waals surface area contributed by atoms with Gasteiger partial charge in [-0.1, -0.05) is 6.07 Å². The van der Waals surface area contributed by atoms with Gasteiger partial charge in [-0.2, -0.15) is 4.72 Å².